The number of anilines is 1. The Balaban J connectivity index is 1.62. The number of aromatic nitrogens is 3. The van der Waals surface area contributed by atoms with E-state index in [-0.39, 0.29) is 5.89 Å². The van der Waals surface area contributed by atoms with Crippen molar-refractivity contribution < 1.29 is 8.91 Å². The molecule has 7 heteroatoms. The Labute approximate surface area is 137 Å². The summed E-state index contributed by atoms with van der Waals surface area (Å²) in [7, 11) is 0. The van der Waals surface area contributed by atoms with Gasteiger partial charge in [0.1, 0.15) is 5.82 Å². The van der Waals surface area contributed by atoms with E-state index in [0.717, 1.165) is 36.1 Å². The maximum Gasteiger partial charge on any atom is 0.263 e. The van der Waals surface area contributed by atoms with Gasteiger partial charge in [-0.2, -0.15) is 4.98 Å². The Morgan fingerprint density at radius 3 is 2.82 bits per heavy atom. The van der Waals surface area contributed by atoms with Crippen LogP contribution in [-0.2, 0) is 12.1 Å². The first-order chi connectivity index (χ1) is 10.4. The van der Waals surface area contributed by atoms with Gasteiger partial charge in [0.25, 0.3) is 5.89 Å². The zero-order valence-corrected chi connectivity index (χ0v) is 14.4. The normalized spacial score (nSPS) is 11.6. The topological polar surface area (TPSA) is 63.8 Å². The molecule has 0 amide bonds. The number of aryl methyl sites for hydroxylation is 1. The second kappa shape index (κ2) is 7.67. The van der Waals surface area contributed by atoms with Gasteiger partial charge in [0, 0.05) is 23.6 Å². The fourth-order valence-electron chi connectivity index (χ4n) is 1.90. The molecule has 2 aromatic heterocycles. The minimum absolute atomic E-state index is 0.0462. The van der Waals surface area contributed by atoms with Gasteiger partial charge >= 0.3 is 0 Å². The van der Waals surface area contributed by atoms with E-state index in [2.05, 4.69) is 36.4 Å². The second-order valence-corrected chi connectivity index (χ2v) is 6.50. The van der Waals surface area contributed by atoms with Crippen molar-refractivity contribution in [3.63, 3.8) is 0 Å². The summed E-state index contributed by atoms with van der Waals surface area (Å²) in [5, 5.41) is 7.07. The molecule has 120 valence electrons. The van der Waals surface area contributed by atoms with Crippen LogP contribution in [0.1, 0.15) is 44.8 Å². The van der Waals surface area contributed by atoms with Crippen LogP contribution in [-0.4, -0.2) is 21.7 Å². The molecule has 2 aromatic rings. The zero-order chi connectivity index (χ0) is 16.0. The van der Waals surface area contributed by atoms with Crippen LogP contribution in [0.2, 0.25) is 0 Å². The summed E-state index contributed by atoms with van der Waals surface area (Å²) in [5.41, 5.74) is -1.58. The van der Waals surface area contributed by atoms with Crippen molar-refractivity contribution in [2.75, 3.05) is 11.9 Å². The highest BCUT2D eigenvalue weighted by Gasteiger charge is 2.26. The number of nitrogens with one attached hydrogen (secondary N) is 1. The lowest BCUT2D eigenvalue weighted by Gasteiger charge is -2.05. The van der Waals surface area contributed by atoms with Crippen LogP contribution in [0.4, 0.5) is 10.2 Å². The summed E-state index contributed by atoms with van der Waals surface area (Å²) in [4.78, 5) is 8.29. The molecule has 5 nitrogen and oxygen atoms in total. The molecule has 1 N–H and O–H groups in total. The van der Waals surface area contributed by atoms with E-state index < -0.39 is 5.67 Å². The lowest BCUT2D eigenvalue weighted by atomic mass is 10.1. The Kier molecular flexibility index (Phi) is 5.88. The van der Waals surface area contributed by atoms with Gasteiger partial charge in [0.05, 0.1) is 0 Å². The van der Waals surface area contributed by atoms with E-state index in [0.29, 0.717) is 12.2 Å². The lowest BCUT2D eigenvalue weighted by molar-refractivity contribution is 0.155. The molecule has 0 bridgehead atoms. The number of alkyl halides is 1. The molecule has 0 aliphatic carbocycles. The highest BCUT2D eigenvalue weighted by Crippen LogP contribution is 2.22. The molecule has 22 heavy (non-hydrogen) atoms. The van der Waals surface area contributed by atoms with E-state index in [1.54, 1.807) is 6.20 Å². The summed E-state index contributed by atoms with van der Waals surface area (Å²) in [6.07, 6.45) is 5.46. The van der Waals surface area contributed by atoms with Gasteiger partial charge < -0.3 is 9.84 Å². The Hall–Kier alpha value is -1.50. The van der Waals surface area contributed by atoms with Crippen LogP contribution in [0.3, 0.4) is 0 Å². The van der Waals surface area contributed by atoms with Crippen LogP contribution in [0.15, 0.2) is 27.3 Å². The summed E-state index contributed by atoms with van der Waals surface area (Å²) in [5.74, 6) is 1.48. The molecule has 0 aromatic carbocycles. The predicted molar refractivity (Wildman–Crippen MR) is 86.4 cm³/mol. The summed E-state index contributed by atoms with van der Waals surface area (Å²) < 4.78 is 19.5. The number of pyridine rings is 1. The van der Waals surface area contributed by atoms with E-state index in [9.17, 15) is 4.39 Å². The zero-order valence-electron chi connectivity index (χ0n) is 12.8. The maximum absolute atomic E-state index is 13.6. The Morgan fingerprint density at radius 1 is 1.32 bits per heavy atom. The average molecular weight is 371 g/mol. The molecule has 0 saturated heterocycles. The monoisotopic (exact) mass is 370 g/mol. The van der Waals surface area contributed by atoms with Crippen molar-refractivity contribution in [3.8, 4) is 0 Å². The molecule has 0 unspecified atom stereocenters. The van der Waals surface area contributed by atoms with Crippen molar-refractivity contribution in [2.24, 2.45) is 0 Å². The Bertz CT molecular complexity index is 597. The maximum atomic E-state index is 13.6. The van der Waals surface area contributed by atoms with Crippen molar-refractivity contribution in [2.45, 2.75) is 45.2 Å². The SMILES string of the molecule is CC(C)(F)c1nc(CCCCCNc2cc(Br)ccn2)no1. The van der Waals surface area contributed by atoms with Gasteiger partial charge in [-0.15, -0.1) is 0 Å². The minimum Gasteiger partial charge on any atom is -0.370 e. The van der Waals surface area contributed by atoms with Crippen molar-refractivity contribution >= 4 is 21.7 Å². The van der Waals surface area contributed by atoms with Crippen molar-refractivity contribution in [1.82, 2.24) is 15.1 Å². The van der Waals surface area contributed by atoms with Crippen LogP contribution in [0, 0.1) is 0 Å². The number of hydrogen-bond acceptors (Lipinski definition) is 5. The standard InChI is InChI=1S/C15H20BrFN4O/c1-15(2,17)14-20-12(21-22-14)6-4-3-5-8-18-13-10-11(16)7-9-19-13/h7,9-10H,3-6,8H2,1-2H3,(H,18,19). The van der Waals surface area contributed by atoms with Gasteiger partial charge in [-0.05, 0) is 38.8 Å². The number of unbranched alkanes of at least 4 members (excludes halogenated alkanes) is 2. The highest BCUT2D eigenvalue weighted by atomic mass is 79.9. The quantitative estimate of drug-likeness (QED) is 0.703. The summed E-state index contributed by atoms with van der Waals surface area (Å²) in [6, 6.07) is 3.84. The van der Waals surface area contributed by atoms with Gasteiger partial charge in [-0.1, -0.05) is 27.5 Å². The minimum atomic E-state index is -1.58. The first-order valence-electron chi connectivity index (χ1n) is 7.32. The van der Waals surface area contributed by atoms with Crippen molar-refractivity contribution in [1.29, 1.82) is 0 Å². The van der Waals surface area contributed by atoms with Crippen LogP contribution in [0.5, 0.6) is 0 Å². The van der Waals surface area contributed by atoms with Crippen LogP contribution >= 0.6 is 15.9 Å². The summed E-state index contributed by atoms with van der Waals surface area (Å²) >= 11 is 3.41. The van der Waals surface area contributed by atoms with Gasteiger partial charge in [-0.3, -0.25) is 0 Å². The molecule has 0 saturated carbocycles. The van der Waals surface area contributed by atoms with Crippen LogP contribution < -0.4 is 5.32 Å². The molecule has 0 aliphatic rings. The number of rotatable bonds is 8. The van der Waals surface area contributed by atoms with E-state index in [4.69, 9.17) is 4.52 Å². The van der Waals surface area contributed by atoms with E-state index in [1.165, 1.54) is 13.8 Å². The molecule has 2 heterocycles. The van der Waals surface area contributed by atoms with Crippen LogP contribution in [0.25, 0.3) is 0 Å². The summed E-state index contributed by atoms with van der Waals surface area (Å²) in [6.45, 7) is 3.68. The fourth-order valence-corrected chi connectivity index (χ4v) is 2.23. The molecule has 0 atom stereocenters. The largest absolute Gasteiger partial charge is 0.370 e. The van der Waals surface area contributed by atoms with Gasteiger partial charge in [0.2, 0.25) is 0 Å². The highest BCUT2D eigenvalue weighted by molar-refractivity contribution is 9.10. The Morgan fingerprint density at radius 2 is 2.14 bits per heavy atom. The van der Waals surface area contributed by atoms with E-state index in [1.807, 2.05) is 12.1 Å². The van der Waals surface area contributed by atoms with E-state index >= 15 is 0 Å². The average Bonchev–Trinajstić information content (AvgIpc) is 2.91. The molecular formula is C15H20BrFN4O. The molecule has 0 aliphatic heterocycles. The lowest BCUT2D eigenvalue weighted by Crippen LogP contribution is -2.09. The molecule has 2 rings (SSSR count). The fraction of sp³-hybridized carbons (Fsp3) is 0.533. The number of nitrogens with zero attached hydrogens (tertiary/aromatic N) is 3. The smallest absolute Gasteiger partial charge is 0.263 e. The molecule has 0 spiro atoms. The molecule has 0 radical (unpaired) electrons. The second-order valence-electron chi connectivity index (χ2n) is 5.58. The van der Waals surface area contributed by atoms with Gasteiger partial charge in [-0.25, -0.2) is 9.37 Å². The van der Waals surface area contributed by atoms with Crippen molar-refractivity contribution in [3.05, 3.63) is 34.5 Å². The number of hydrogen-bond donors (Lipinski definition) is 1. The predicted octanol–water partition coefficient (Wildman–Crippen LogP) is 4.26. The third-order valence-corrected chi connectivity index (χ3v) is 3.58. The third kappa shape index (κ3) is 5.36. The number of halogens is 2. The third-order valence-electron chi connectivity index (χ3n) is 3.08. The molecule has 0 fully saturated rings. The van der Waals surface area contributed by atoms with Gasteiger partial charge in [0.15, 0.2) is 11.5 Å². The first kappa shape index (κ1) is 16.9. The molecular weight excluding hydrogens is 351 g/mol. The first-order valence-corrected chi connectivity index (χ1v) is 8.12.